The summed E-state index contributed by atoms with van der Waals surface area (Å²) in [7, 11) is -3.72. The van der Waals surface area contributed by atoms with E-state index in [1.807, 2.05) is 0 Å². The molecule has 1 amide bonds. The molecule has 3 heterocycles. The average molecular weight is 446 g/mol. The van der Waals surface area contributed by atoms with Gasteiger partial charge in [-0.05, 0) is 50.2 Å². The Hall–Kier alpha value is -1.000. The van der Waals surface area contributed by atoms with Crippen LogP contribution in [0.1, 0.15) is 36.8 Å². The zero-order chi connectivity index (χ0) is 19.2. The van der Waals surface area contributed by atoms with Gasteiger partial charge in [-0.1, -0.05) is 18.5 Å². The van der Waals surface area contributed by atoms with Gasteiger partial charge in [0.05, 0.1) is 10.0 Å². The van der Waals surface area contributed by atoms with E-state index in [9.17, 15) is 13.2 Å². The van der Waals surface area contributed by atoms with Crippen LogP contribution in [0.3, 0.4) is 0 Å². The molecular formula is C17H20ClN3O3S3. The highest BCUT2D eigenvalue weighted by Gasteiger charge is 2.40. The molecule has 2 aromatic rings. The zero-order valence-corrected chi connectivity index (χ0v) is 18.0. The van der Waals surface area contributed by atoms with Crippen molar-refractivity contribution >= 4 is 55.3 Å². The summed E-state index contributed by atoms with van der Waals surface area (Å²) in [5, 5.41) is 3.43. The van der Waals surface area contributed by atoms with E-state index >= 15 is 0 Å². The van der Waals surface area contributed by atoms with Gasteiger partial charge in [0.25, 0.3) is 10.0 Å². The summed E-state index contributed by atoms with van der Waals surface area (Å²) in [6.07, 6.45) is 4.20. The second-order valence-corrected chi connectivity index (χ2v) is 12.0. The fourth-order valence-corrected chi connectivity index (χ4v) is 8.07. The van der Waals surface area contributed by atoms with E-state index in [0.717, 1.165) is 36.3 Å². The lowest BCUT2D eigenvalue weighted by atomic mass is 9.93. The maximum Gasteiger partial charge on any atom is 0.253 e. The van der Waals surface area contributed by atoms with E-state index in [1.54, 1.807) is 6.07 Å². The quantitative estimate of drug-likeness (QED) is 0.776. The minimum atomic E-state index is -3.72. The highest BCUT2D eigenvalue weighted by Crippen LogP contribution is 2.34. The van der Waals surface area contributed by atoms with E-state index in [4.69, 9.17) is 11.6 Å². The van der Waals surface area contributed by atoms with Crippen LogP contribution in [-0.4, -0.2) is 36.2 Å². The summed E-state index contributed by atoms with van der Waals surface area (Å²) in [5.74, 6) is 0.326. The number of thiazole rings is 1. The molecule has 4 rings (SSSR count). The fourth-order valence-electron chi connectivity index (χ4n) is 3.62. The van der Waals surface area contributed by atoms with Gasteiger partial charge in [-0.3, -0.25) is 4.79 Å². The second-order valence-electron chi connectivity index (χ2n) is 7.06. The number of nitrogens with zero attached hydrogens (tertiary/aromatic N) is 2. The summed E-state index contributed by atoms with van der Waals surface area (Å²) in [4.78, 5) is 18.6. The third-order valence-electron chi connectivity index (χ3n) is 5.03. The molecule has 0 aromatic carbocycles. The Morgan fingerprint density at radius 2 is 2.15 bits per heavy atom. The summed E-state index contributed by atoms with van der Waals surface area (Å²) < 4.78 is 27.7. The van der Waals surface area contributed by atoms with Crippen molar-refractivity contribution in [2.75, 3.05) is 11.9 Å². The summed E-state index contributed by atoms with van der Waals surface area (Å²) in [6, 6.07) is 2.34. The maximum atomic E-state index is 12.9. The average Bonchev–Trinajstić information content (AvgIpc) is 3.32. The van der Waals surface area contributed by atoms with E-state index < -0.39 is 16.1 Å². The predicted octanol–water partition coefficient (Wildman–Crippen LogP) is 3.77. The van der Waals surface area contributed by atoms with Crippen molar-refractivity contribution < 1.29 is 13.2 Å². The van der Waals surface area contributed by atoms with Crippen LogP contribution in [0.5, 0.6) is 0 Å². The first-order valence-corrected chi connectivity index (χ1v) is 12.4. The Kier molecular flexibility index (Phi) is 5.32. The number of sulfonamides is 1. The lowest BCUT2D eigenvalue weighted by Crippen LogP contribution is -2.42. The molecule has 0 saturated carbocycles. The Morgan fingerprint density at radius 1 is 1.33 bits per heavy atom. The standard InChI is InChI=1S/C17H20ClN3O3S3/c1-10-4-5-11-13(9-10)25-17(19-11)20-16(22)12-3-2-8-21(12)27(23,24)15-7-6-14(18)26-15/h6-7,10,12H,2-5,8-9H2,1H3,(H,19,20,22)/t10-,12+/m1/s1. The van der Waals surface area contributed by atoms with Gasteiger partial charge in [-0.25, -0.2) is 13.4 Å². The van der Waals surface area contributed by atoms with Gasteiger partial charge in [0, 0.05) is 11.4 Å². The molecule has 10 heteroatoms. The first-order valence-electron chi connectivity index (χ1n) is 8.91. The van der Waals surface area contributed by atoms with Crippen LogP contribution in [0.25, 0.3) is 0 Å². The number of thiophene rings is 1. The van der Waals surface area contributed by atoms with Crippen LogP contribution in [0.4, 0.5) is 5.13 Å². The Morgan fingerprint density at radius 3 is 2.89 bits per heavy atom. The maximum absolute atomic E-state index is 12.9. The number of fused-ring (bicyclic) bond motifs is 1. The van der Waals surface area contributed by atoms with Crippen LogP contribution in [0, 0.1) is 5.92 Å². The Labute approximate surface area is 171 Å². The second kappa shape index (κ2) is 7.44. The van der Waals surface area contributed by atoms with Crippen molar-refractivity contribution in [2.45, 2.75) is 49.3 Å². The van der Waals surface area contributed by atoms with Crippen molar-refractivity contribution in [1.82, 2.24) is 9.29 Å². The molecule has 6 nitrogen and oxygen atoms in total. The molecule has 27 heavy (non-hydrogen) atoms. The molecule has 0 spiro atoms. The molecule has 2 aliphatic rings. The third kappa shape index (κ3) is 3.80. The van der Waals surface area contributed by atoms with Crippen molar-refractivity contribution in [1.29, 1.82) is 0 Å². The molecule has 0 bridgehead atoms. The number of hydrogen-bond donors (Lipinski definition) is 1. The molecular weight excluding hydrogens is 426 g/mol. The molecule has 0 radical (unpaired) electrons. The minimum Gasteiger partial charge on any atom is -0.301 e. The number of anilines is 1. The molecule has 0 unspecified atom stereocenters. The smallest absolute Gasteiger partial charge is 0.253 e. The Bertz CT molecular complexity index is 969. The molecule has 1 aliphatic carbocycles. The molecule has 2 atom stereocenters. The number of hydrogen-bond acceptors (Lipinski definition) is 6. The van der Waals surface area contributed by atoms with E-state index in [-0.39, 0.29) is 10.1 Å². The molecule has 1 saturated heterocycles. The van der Waals surface area contributed by atoms with E-state index in [1.165, 1.54) is 26.6 Å². The van der Waals surface area contributed by atoms with Gasteiger partial charge >= 0.3 is 0 Å². The van der Waals surface area contributed by atoms with Crippen LogP contribution < -0.4 is 5.32 Å². The monoisotopic (exact) mass is 445 g/mol. The number of carbonyl (C=O) groups excluding carboxylic acids is 1. The lowest BCUT2D eigenvalue weighted by molar-refractivity contribution is -0.119. The van der Waals surface area contributed by atoms with Gasteiger partial charge < -0.3 is 5.32 Å². The number of amides is 1. The normalized spacial score (nSPS) is 23.3. The van der Waals surface area contributed by atoms with Gasteiger partial charge in [0.15, 0.2) is 5.13 Å². The van der Waals surface area contributed by atoms with Crippen molar-refractivity contribution in [3.8, 4) is 0 Å². The minimum absolute atomic E-state index is 0.172. The molecule has 1 fully saturated rings. The third-order valence-corrected chi connectivity index (χ3v) is 9.68. The number of aryl methyl sites for hydroxylation is 1. The van der Waals surface area contributed by atoms with Crippen molar-refractivity contribution in [2.24, 2.45) is 5.92 Å². The number of aromatic nitrogens is 1. The number of nitrogens with one attached hydrogen (secondary N) is 1. The predicted molar refractivity (Wildman–Crippen MR) is 108 cm³/mol. The van der Waals surface area contributed by atoms with E-state index in [2.05, 4.69) is 17.2 Å². The number of carbonyl (C=O) groups is 1. The van der Waals surface area contributed by atoms with Crippen LogP contribution in [-0.2, 0) is 27.7 Å². The lowest BCUT2D eigenvalue weighted by Gasteiger charge is -2.22. The first kappa shape index (κ1) is 19.3. The highest BCUT2D eigenvalue weighted by molar-refractivity contribution is 7.91. The molecule has 1 aliphatic heterocycles. The van der Waals surface area contributed by atoms with Crippen LogP contribution in [0.2, 0.25) is 4.34 Å². The zero-order valence-electron chi connectivity index (χ0n) is 14.8. The van der Waals surface area contributed by atoms with Crippen LogP contribution in [0.15, 0.2) is 16.3 Å². The summed E-state index contributed by atoms with van der Waals surface area (Å²) >= 11 is 8.41. The van der Waals surface area contributed by atoms with Gasteiger partial charge in [-0.2, -0.15) is 4.31 Å². The van der Waals surface area contributed by atoms with Crippen molar-refractivity contribution in [3.05, 3.63) is 27.0 Å². The Balaban J connectivity index is 1.51. The van der Waals surface area contributed by atoms with Gasteiger partial charge in [0.1, 0.15) is 10.3 Å². The highest BCUT2D eigenvalue weighted by atomic mass is 35.5. The topological polar surface area (TPSA) is 79.4 Å². The molecule has 1 N–H and O–H groups in total. The SMILES string of the molecule is C[C@@H]1CCc2nc(NC(=O)[C@@H]3CCCN3S(=O)(=O)c3ccc(Cl)s3)sc2C1. The number of halogens is 1. The molecule has 2 aromatic heterocycles. The summed E-state index contributed by atoms with van der Waals surface area (Å²) in [5.41, 5.74) is 1.07. The number of rotatable bonds is 4. The fraction of sp³-hybridized carbons (Fsp3) is 0.529. The molecule has 146 valence electrons. The summed E-state index contributed by atoms with van der Waals surface area (Å²) in [6.45, 7) is 2.56. The van der Waals surface area contributed by atoms with E-state index in [0.29, 0.717) is 34.8 Å². The van der Waals surface area contributed by atoms with Gasteiger partial charge in [-0.15, -0.1) is 22.7 Å². The van der Waals surface area contributed by atoms with Gasteiger partial charge in [0.2, 0.25) is 5.91 Å². The van der Waals surface area contributed by atoms with Crippen molar-refractivity contribution in [3.63, 3.8) is 0 Å². The largest absolute Gasteiger partial charge is 0.301 e. The first-order chi connectivity index (χ1) is 12.8. The van der Waals surface area contributed by atoms with Crippen LogP contribution >= 0.6 is 34.3 Å².